The number of pyridine rings is 1. The fraction of sp³-hybridized carbons (Fsp3) is 0.0909. The highest BCUT2D eigenvalue weighted by molar-refractivity contribution is 5.93. The van der Waals surface area contributed by atoms with Crippen LogP contribution in [-0.4, -0.2) is 10.9 Å². The van der Waals surface area contributed by atoms with Gasteiger partial charge in [0.25, 0.3) is 5.91 Å². The number of primary amides is 1. The summed E-state index contributed by atoms with van der Waals surface area (Å²) in [5.74, 6) is -0.774. The van der Waals surface area contributed by atoms with Crippen LogP contribution in [0.4, 0.5) is 13.2 Å². The van der Waals surface area contributed by atoms with E-state index in [0.717, 1.165) is 12.1 Å². The molecule has 1 aromatic carbocycles. The third-order valence-electron chi connectivity index (χ3n) is 2.27. The zero-order valence-electron chi connectivity index (χ0n) is 8.45. The number of nitrogens with zero attached hydrogens (tertiary/aromatic N) is 1. The van der Waals surface area contributed by atoms with Gasteiger partial charge >= 0.3 is 6.18 Å². The van der Waals surface area contributed by atoms with Crippen LogP contribution in [0.3, 0.4) is 0 Å². The minimum Gasteiger partial charge on any atom is -0.364 e. The number of carbonyl (C=O) groups is 1. The first-order valence-electron chi connectivity index (χ1n) is 4.66. The molecule has 0 aliphatic carbocycles. The maximum atomic E-state index is 12.5. The van der Waals surface area contributed by atoms with Crippen LogP contribution >= 0.6 is 0 Å². The second kappa shape index (κ2) is 3.73. The number of rotatable bonds is 1. The van der Waals surface area contributed by atoms with Crippen LogP contribution in [0.5, 0.6) is 0 Å². The van der Waals surface area contributed by atoms with Crippen molar-refractivity contribution in [3.63, 3.8) is 0 Å². The van der Waals surface area contributed by atoms with Crippen LogP contribution in [0.1, 0.15) is 16.1 Å². The molecule has 2 N–H and O–H groups in total. The van der Waals surface area contributed by atoms with E-state index in [4.69, 9.17) is 5.73 Å². The first-order chi connectivity index (χ1) is 7.88. The van der Waals surface area contributed by atoms with E-state index in [1.165, 1.54) is 18.2 Å². The van der Waals surface area contributed by atoms with Crippen molar-refractivity contribution in [2.24, 2.45) is 5.73 Å². The number of benzene rings is 1. The molecule has 2 aromatic rings. The lowest BCUT2D eigenvalue weighted by Gasteiger charge is -2.07. The van der Waals surface area contributed by atoms with E-state index in [-0.39, 0.29) is 11.2 Å². The van der Waals surface area contributed by atoms with Gasteiger partial charge in [0, 0.05) is 5.39 Å². The third-order valence-corrected chi connectivity index (χ3v) is 2.27. The quantitative estimate of drug-likeness (QED) is 0.831. The molecule has 1 amide bonds. The lowest BCUT2D eigenvalue weighted by molar-refractivity contribution is -0.137. The number of nitrogens with two attached hydrogens (primary N) is 1. The summed E-state index contributed by atoms with van der Waals surface area (Å²) in [6.45, 7) is 0. The maximum absolute atomic E-state index is 12.5. The number of carbonyl (C=O) groups excluding carboxylic acids is 1. The second-order valence-electron chi connectivity index (χ2n) is 3.47. The third kappa shape index (κ3) is 2.20. The van der Waals surface area contributed by atoms with E-state index >= 15 is 0 Å². The summed E-state index contributed by atoms with van der Waals surface area (Å²) in [7, 11) is 0. The molecular weight excluding hydrogens is 233 g/mol. The maximum Gasteiger partial charge on any atom is 0.416 e. The number of amides is 1. The molecule has 0 bridgehead atoms. The molecule has 0 atom stereocenters. The summed E-state index contributed by atoms with van der Waals surface area (Å²) in [4.78, 5) is 14.6. The molecule has 0 unspecified atom stereocenters. The van der Waals surface area contributed by atoms with Gasteiger partial charge in [-0.15, -0.1) is 0 Å². The molecular formula is C11H7F3N2O. The zero-order chi connectivity index (χ0) is 12.6. The Kier molecular flexibility index (Phi) is 2.49. The van der Waals surface area contributed by atoms with Crippen LogP contribution in [0.15, 0.2) is 30.3 Å². The topological polar surface area (TPSA) is 56.0 Å². The molecule has 0 fully saturated rings. The molecule has 2 rings (SSSR count). The van der Waals surface area contributed by atoms with Crippen molar-refractivity contribution in [1.29, 1.82) is 0 Å². The molecule has 6 heteroatoms. The number of hydrogen-bond acceptors (Lipinski definition) is 2. The number of aromatic nitrogens is 1. The Hall–Kier alpha value is -2.11. The molecule has 1 aromatic heterocycles. The molecule has 0 saturated carbocycles. The Morgan fingerprint density at radius 3 is 2.41 bits per heavy atom. The van der Waals surface area contributed by atoms with Gasteiger partial charge in [-0.25, -0.2) is 4.98 Å². The van der Waals surface area contributed by atoms with E-state index in [1.807, 2.05) is 0 Å². The average Bonchev–Trinajstić information content (AvgIpc) is 2.26. The molecule has 3 nitrogen and oxygen atoms in total. The van der Waals surface area contributed by atoms with Crippen LogP contribution in [-0.2, 0) is 6.18 Å². The van der Waals surface area contributed by atoms with Gasteiger partial charge in [-0.05, 0) is 18.2 Å². The van der Waals surface area contributed by atoms with Gasteiger partial charge in [-0.3, -0.25) is 4.79 Å². The Morgan fingerprint density at radius 2 is 1.82 bits per heavy atom. The van der Waals surface area contributed by atoms with Gasteiger partial charge in [0.15, 0.2) is 0 Å². The van der Waals surface area contributed by atoms with E-state index in [1.54, 1.807) is 0 Å². The molecule has 0 radical (unpaired) electrons. The van der Waals surface area contributed by atoms with Gasteiger partial charge in [0.05, 0.1) is 11.1 Å². The molecule has 0 aliphatic rings. The van der Waals surface area contributed by atoms with Crippen molar-refractivity contribution < 1.29 is 18.0 Å². The number of fused-ring (bicyclic) bond motifs is 1. The fourth-order valence-electron chi connectivity index (χ4n) is 1.43. The Balaban J connectivity index is 2.62. The Labute approximate surface area is 94.1 Å². The summed E-state index contributed by atoms with van der Waals surface area (Å²) in [6.07, 6.45) is -4.43. The average molecular weight is 240 g/mol. The van der Waals surface area contributed by atoms with E-state index in [2.05, 4.69) is 4.98 Å². The summed E-state index contributed by atoms with van der Waals surface area (Å²) >= 11 is 0. The summed E-state index contributed by atoms with van der Waals surface area (Å²) in [5, 5.41) is 0.517. The first kappa shape index (κ1) is 11.4. The zero-order valence-corrected chi connectivity index (χ0v) is 8.45. The molecule has 0 saturated heterocycles. The molecule has 88 valence electrons. The first-order valence-corrected chi connectivity index (χ1v) is 4.66. The standard InChI is InChI=1S/C11H7F3N2O/c12-11(13,14)7-3-1-6-2-4-8(10(15)17)16-9(6)5-7/h1-5H,(H2,15,17). The van der Waals surface area contributed by atoms with Gasteiger partial charge in [0.2, 0.25) is 0 Å². The summed E-state index contributed by atoms with van der Waals surface area (Å²) in [5.41, 5.74) is 4.23. The van der Waals surface area contributed by atoms with Crippen molar-refractivity contribution in [3.05, 3.63) is 41.6 Å². The summed E-state index contributed by atoms with van der Waals surface area (Å²) in [6, 6.07) is 6.03. The summed E-state index contributed by atoms with van der Waals surface area (Å²) < 4.78 is 37.4. The Bertz CT molecular complexity index is 593. The van der Waals surface area contributed by atoms with Gasteiger partial charge in [0.1, 0.15) is 5.69 Å². The van der Waals surface area contributed by atoms with E-state index < -0.39 is 17.6 Å². The normalized spacial score (nSPS) is 11.7. The highest BCUT2D eigenvalue weighted by Crippen LogP contribution is 2.30. The number of hydrogen-bond donors (Lipinski definition) is 1. The molecule has 17 heavy (non-hydrogen) atoms. The predicted octanol–water partition coefficient (Wildman–Crippen LogP) is 2.35. The number of alkyl halides is 3. The molecule has 0 aliphatic heterocycles. The van der Waals surface area contributed by atoms with Gasteiger partial charge < -0.3 is 5.73 Å². The van der Waals surface area contributed by atoms with E-state index in [0.29, 0.717) is 5.39 Å². The van der Waals surface area contributed by atoms with Crippen molar-refractivity contribution in [2.45, 2.75) is 6.18 Å². The van der Waals surface area contributed by atoms with Crippen molar-refractivity contribution in [2.75, 3.05) is 0 Å². The van der Waals surface area contributed by atoms with Crippen molar-refractivity contribution in [3.8, 4) is 0 Å². The van der Waals surface area contributed by atoms with Crippen LogP contribution < -0.4 is 5.73 Å². The minimum absolute atomic E-state index is 0.0585. The highest BCUT2D eigenvalue weighted by atomic mass is 19.4. The van der Waals surface area contributed by atoms with Gasteiger partial charge in [-0.1, -0.05) is 12.1 Å². The predicted molar refractivity (Wildman–Crippen MR) is 55.3 cm³/mol. The van der Waals surface area contributed by atoms with Crippen LogP contribution in [0.25, 0.3) is 10.9 Å². The SMILES string of the molecule is NC(=O)c1ccc2ccc(C(F)(F)F)cc2n1. The van der Waals surface area contributed by atoms with E-state index in [9.17, 15) is 18.0 Å². The van der Waals surface area contributed by atoms with Gasteiger partial charge in [-0.2, -0.15) is 13.2 Å². The lowest BCUT2D eigenvalue weighted by Crippen LogP contribution is -2.13. The molecule has 0 spiro atoms. The second-order valence-corrected chi connectivity index (χ2v) is 3.47. The van der Waals surface area contributed by atoms with Crippen LogP contribution in [0.2, 0.25) is 0 Å². The number of halogens is 3. The van der Waals surface area contributed by atoms with Crippen LogP contribution in [0, 0.1) is 0 Å². The largest absolute Gasteiger partial charge is 0.416 e. The fourth-order valence-corrected chi connectivity index (χ4v) is 1.43. The highest BCUT2D eigenvalue weighted by Gasteiger charge is 2.30. The Morgan fingerprint density at radius 1 is 1.18 bits per heavy atom. The van der Waals surface area contributed by atoms with Crippen molar-refractivity contribution >= 4 is 16.8 Å². The van der Waals surface area contributed by atoms with Crippen molar-refractivity contribution in [1.82, 2.24) is 4.98 Å². The minimum atomic E-state index is -4.43. The molecule has 1 heterocycles. The lowest BCUT2D eigenvalue weighted by atomic mass is 10.1. The monoisotopic (exact) mass is 240 g/mol. The smallest absolute Gasteiger partial charge is 0.364 e.